The van der Waals surface area contributed by atoms with E-state index in [1.807, 2.05) is 6.26 Å². The monoisotopic (exact) mass is 177 g/mol. The fourth-order valence-corrected chi connectivity index (χ4v) is 0.773. The highest BCUT2D eigenvalue weighted by atomic mass is 32.2. The number of hydrogen-bond donors (Lipinski definition) is 1. The molecule has 4 heteroatoms. The number of carbonyl (C=O) groups is 1. The van der Waals surface area contributed by atoms with Crippen LogP contribution in [0.1, 0.15) is 6.92 Å². The van der Waals surface area contributed by atoms with Gasteiger partial charge in [0, 0.05) is 18.9 Å². The van der Waals surface area contributed by atoms with Gasteiger partial charge >= 0.3 is 0 Å². The molecule has 0 saturated carbocycles. The van der Waals surface area contributed by atoms with Crippen molar-refractivity contribution in [1.29, 1.82) is 0 Å². The van der Waals surface area contributed by atoms with Crippen LogP contribution in [0.2, 0.25) is 0 Å². The number of methoxy groups -OCH3 is 1. The van der Waals surface area contributed by atoms with Gasteiger partial charge in [-0.05, 0) is 6.26 Å². The van der Waals surface area contributed by atoms with E-state index in [1.165, 1.54) is 7.11 Å². The second-order valence-electron chi connectivity index (χ2n) is 2.28. The first kappa shape index (κ1) is 10.8. The molecule has 0 aromatic heterocycles. The van der Waals surface area contributed by atoms with Gasteiger partial charge in [-0.1, -0.05) is 6.92 Å². The van der Waals surface area contributed by atoms with Crippen LogP contribution in [0.3, 0.4) is 0 Å². The molecule has 1 N–H and O–H groups in total. The molecule has 0 rings (SSSR count). The molecule has 1 atom stereocenters. The summed E-state index contributed by atoms with van der Waals surface area (Å²) in [4.78, 5) is 10.8. The quantitative estimate of drug-likeness (QED) is 0.664. The van der Waals surface area contributed by atoms with Crippen molar-refractivity contribution in [3.63, 3.8) is 0 Å². The zero-order valence-corrected chi connectivity index (χ0v) is 8.03. The van der Waals surface area contributed by atoms with Gasteiger partial charge in [-0.25, -0.2) is 0 Å². The van der Waals surface area contributed by atoms with E-state index in [9.17, 15) is 4.79 Å². The van der Waals surface area contributed by atoms with Crippen molar-refractivity contribution in [2.45, 2.75) is 12.2 Å². The molecule has 1 amide bonds. The number of hydrogen-bond acceptors (Lipinski definition) is 3. The predicted octanol–water partition coefficient (Wildman–Crippen LogP) is 0.501. The van der Waals surface area contributed by atoms with Crippen LogP contribution in [0.5, 0.6) is 0 Å². The largest absolute Gasteiger partial charge is 0.375 e. The Labute approximate surface area is 71.9 Å². The Hall–Kier alpha value is -0.220. The first-order chi connectivity index (χ1) is 5.20. The van der Waals surface area contributed by atoms with Crippen molar-refractivity contribution < 1.29 is 9.53 Å². The minimum atomic E-state index is -0.0478. The highest BCUT2D eigenvalue weighted by Crippen LogP contribution is 2.01. The van der Waals surface area contributed by atoms with E-state index in [2.05, 4.69) is 17.0 Å². The van der Waals surface area contributed by atoms with Crippen LogP contribution in [0.15, 0.2) is 0 Å². The summed E-state index contributed by atoms with van der Waals surface area (Å²) < 4.78 is 4.65. The molecule has 0 bridgehead atoms. The molecule has 0 heterocycles. The maximum Gasteiger partial charge on any atom is 0.246 e. The molecule has 66 valence electrons. The third kappa shape index (κ3) is 6.19. The Kier molecular flexibility index (Phi) is 6.36. The van der Waals surface area contributed by atoms with Gasteiger partial charge in [0.1, 0.15) is 6.61 Å². The Morgan fingerprint density at radius 3 is 2.82 bits per heavy atom. The molecule has 0 fully saturated rings. The van der Waals surface area contributed by atoms with Gasteiger partial charge < -0.3 is 10.1 Å². The fraction of sp³-hybridized carbons (Fsp3) is 0.857. The molecule has 0 aliphatic heterocycles. The van der Waals surface area contributed by atoms with Crippen LogP contribution in [0.4, 0.5) is 0 Å². The molecule has 11 heavy (non-hydrogen) atoms. The van der Waals surface area contributed by atoms with Crippen molar-refractivity contribution in [3.8, 4) is 0 Å². The molecule has 0 aliphatic rings. The smallest absolute Gasteiger partial charge is 0.246 e. The van der Waals surface area contributed by atoms with E-state index in [4.69, 9.17) is 0 Å². The topological polar surface area (TPSA) is 38.3 Å². The summed E-state index contributed by atoms with van der Waals surface area (Å²) >= 11 is 1.73. The summed E-state index contributed by atoms with van der Waals surface area (Å²) in [5.74, 6) is -0.0478. The Balaban J connectivity index is 3.30. The number of carbonyl (C=O) groups excluding carboxylic acids is 1. The van der Waals surface area contributed by atoms with E-state index >= 15 is 0 Å². The highest BCUT2D eigenvalue weighted by molar-refractivity contribution is 7.99. The second-order valence-corrected chi connectivity index (χ2v) is 3.56. The molecular weight excluding hydrogens is 162 g/mol. The number of rotatable bonds is 5. The Morgan fingerprint density at radius 2 is 2.36 bits per heavy atom. The van der Waals surface area contributed by atoms with Crippen molar-refractivity contribution in [2.24, 2.45) is 0 Å². The van der Waals surface area contributed by atoms with Crippen LogP contribution in [-0.4, -0.2) is 37.7 Å². The van der Waals surface area contributed by atoms with Gasteiger partial charge in [-0.15, -0.1) is 0 Å². The van der Waals surface area contributed by atoms with Gasteiger partial charge in [0.2, 0.25) is 5.91 Å². The Bertz CT molecular complexity index is 119. The average molecular weight is 177 g/mol. The predicted molar refractivity (Wildman–Crippen MR) is 47.9 cm³/mol. The molecule has 0 saturated heterocycles. The standard InChI is InChI=1S/C7H15NO2S/c1-6(11-3)4-8-7(9)5-10-2/h6H,4-5H2,1-3H3,(H,8,9). The minimum Gasteiger partial charge on any atom is -0.375 e. The first-order valence-corrected chi connectivity index (χ1v) is 4.78. The molecular formula is C7H15NO2S. The lowest BCUT2D eigenvalue weighted by molar-refractivity contribution is -0.124. The molecule has 0 aliphatic carbocycles. The molecule has 1 unspecified atom stereocenters. The highest BCUT2D eigenvalue weighted by Gasteiger charge is 2.02. The molecule has 0 aromatic rings. The summed E-state index contributed by atoms with van der Waals surface area (Å²) in [7, 11) is 1.51. The normalized spacial score (nSPS) is 12.6. The Morgan fingerprint density at radius 1 is 1.73 bits per heavy atom. The summed E-state index contributed by atoms with van der Waals surface area (Å²) in [5.41, 5.74) is 0. The average Bonchev–Trinajstić information content (AvgIpc) is 2.01. The van der Waals surface area contributed by atoms with Gasteiger partial charge in [-0.3, -0.25) is 4.79 Å². The SMILES string of the molecule is COCC(=O)NCC(C)SC. The third-order valence-electron chi connectivity index (χ3n) is 1.26. The van der Waals surface area contributed by atoms with Crippen molar-refractivity contribution in [1.82, 2.24) is 5.32 Å². The van der Waals surface area contributed by atoms with E-state index in [-0.39, 0.29) is 12.5 Å². The lowest BCUT2D eigenvalue weighted by Gasteiger charge is -2.08. The number of ether oxygens (including phenoxy) is 1. The van der Waals surface area contributed by atoms with Gasteiger partial charge in [0.05, 0.1) is 0 Å². The summed E-state index contributed by atoms with van der Waals surface area (Å²) in [6.45, 7) is 2.93. The van der Waals surface area contributed by atoms with Crippen molar-refractivity contribution >= 4 is 17.7 Å². The molecule has 3 nitrogen and oxygen atoms in total. The van der Waals surface area contributed by atoms with Crippen molar-refractivity contribution in [3.05, 3.63) is 0 Å². The van der Waals surface area contributed by atoms with Crippen LogP contribution in [0, 0.1) is 0 Å². The number of nitrogens with one attached hydrogen (secondary N) is 1. The first-order valence-electron chi connectivity index (χ1n) is 3.49. The maximum absolute atomic E-state index is 10.8. The van der Waals surface area contributed by atoms with Crippen molar-refractivity contribution in [2.75, 3.05) is 26.5 Å². The van der Waals surface area contributed by atoms with Gasteiger partial charge in [0.25, 0.3) is 0 Å². The zero-order valence-electron chi connectivity index (χ0n) is 7.22. The van der Waals surface area contributed by atoms with Crippen LogP contribution < -0.4 is 5.32 Å². The molecule has 0 radical (unpaired) electrons. The lowest BCUT2D eigenvalue weighted by atomic mass is 10.4. The van der Waals surface area contributed by atoms with E-state index in [0.29, 0.717) is 11.8 Å². The lowest BCUT2D eigenvalue weighted by Crippen LogP contribution is -2.31. The van der Waals surface area contributed by atoms with Crippen LogP contribution in [0.25, 0.3) is 0 Å². The third-order valence-corrected chi connectivity index (χ3v) is 2.24. The maximum atomic E-state index is 10.8. The zero-order chi connectivity index (χ0) is 8.69. The minimum absolute atomic E-state index is 0.0478. The van der Waals surface area contributed by atoms with Gasteiger partial charge in [-0.2, -0.15) is 11.8 Å². The fourth-order valence-electron chi connectivity index (χ4n) is 0.523. The summed E-state index contributed by atoms with van der Waals surface area (Å²) in [6, 6.07) is 0. The van der Waals surface area contributed by atoms with E-state index in [1.54, 1.807) is 11.8 Å². The van der Waals surface area contributed by atoms with Crippen LogP contribution >= 0.6 is 11.8 Å². The van der Waals surface area contributed by atoms with E-state index in [0.717, 1.165) is 0 Å². The van der Waals surface area contributed by atoms with E-state index < -0.39 is 0 Å². The second kappa shape index (κ2) is 6.49. The summed E-state index contributed by atoms with van der Waals surface area (Å²) in [6.07, 6.45) is 2.02. The van der Waals surface area contributed by atoms with Crippen LogP contribution in [-0.2, 0) is 9.53 Å². The summed E-state index contributed by atoms with van der Waals surface area (Å²) in [5, 5.41) is 3.22. The molecule has 0 aromatic carbocycles. The number of thioether (sulfide) groups is 1. The molecule has 0 spiro atoms. The number of amides is 1. The van der Waals surface area contributed by atoms with Gasteiger partial charge in [0.15, 0.2) is 0 Å².